The molecule has 0 spiro atoms. The van der Waals surface area contributed by atoms with Crippen molar-refractivity contribution in [3.63, 3.8) is 0 Å². The molecule has 3 rings (SSSR count). The SMILES string of the molecule is CSc1ccccc1NC(=O)CSc1nnnn1-c1ccc(C)cc1C. The minimum Gasteiger partial charge on any atom is -0.324 e. The highest BCUT2D eigenvalue weighted by Crippen LogP contribution is 2.25. The number of nitrogens with one attached hydrogen (secondary N) is 1. The van der Waals surface area contributed by atoms with Crippen LogP contribution in [0.1, 0.15) is 11.1 Å². The summed E-state index contributed by atoms with van der Waals surface area (Å²) in [7, 11) is 0. The summed E-state index contributed by atoms with van der Waals surface area (Å²) in [5.41, 5.74) is 3.99. The summed E-state index contributed by atoms with van der Waals surface area (Å²) in [5.74, 6) is 0.139. The first kappa shape index (κ1) is 18.5. The summed E-state index contributed by atoms with van der Waals surface area (Å²) < 4.78 is 1.67. The number of benzene rings is 2. The summed E-state index contributed by atoms with van der Waals surface area (Å²) >= 11 is 2.91. The van der Waals surface area contributed by atoms with E-state index in [1.165, 1.54) is 17.3 Å². The normalized spacial score (nSPS) is 10.7. The zero-order valence-electron chi connectivity index (χ0n) is 14.8. The van der Waals surface area contributed by atoms with Gasteiger partial charge in [0.1, 0.15) is 0 Å². The molecule has 1 amide bonds. The minimum absolute atomic E-state index is 0.0910. The van der Waals surface area contributed by atoms with Crippen molar-refractivity contribution in [1.29, 1.82) is 0 Å². The summed E-state index contributed by atoms with van der Waals surface area (Å²) in [5, 5.41) is 15.4. The van der Waals surface area contributed by atoms with E-state index in [-0.39, 0.29) is 11.7 Å². The molecule has 0 saturated carbocycles. The largest absolute Gasteiger partial charge is 0.324 e. The van der Waals surface area contributed by atoms with E-state index in [1.807, 2.05) is 56.5 Å². The Kier molecular flexibility index (Phi) is 5.95. The molecule has 0 atom stereocenters. The van der Waals surface area contributed by atoms with Gasteiger partial charge in [-0.15, -0.1) is 16.9 Å². The van der Waals surface area contributed by atoms with Crippen LogP contribution in [0.3, 0.4) is 0 Å². The molecule has 0 radical (unpaired) electrons. The van der Waals surface area contributed by atoms with E-state index in [0.717, 1.165) is 21.8 Å². The molecular formula is C18H19N5OS2. The molecule has 1 aromatic heterocycles. The molecule has 1 N–H and O–H groups in total. The number of aromatic nitrogens is 4. The standard InChI is InChI=1S/C18H19N5OS2/c1-12-8-9-15(13(2)10-12)23-18(20-21-22-23)26-11-17(24)19-14-6-4-5-7-16(14)25-3/h4-10H,11H2,1-3H3,(H,19,24). The topological polar surface area (TPSA) is 72.7 Å². The fourth-order valence-corrected chi connectivity index (χ4v) is 3.76. The van der Waals surface area contributed by atoms with Crippen molar-refractivity contribution in [3.05, 3.63) is 53.6 Å². The number of nitrogens with zero attached hydrogens (tertiary/aromatic N) is 4. The quantitative estimate of drug-likeness (QED) is 0.652. The van der Waals surface area contributed by atoms with E-state index in [2.05, 4.69) is 26.9 Å². The second-order valence-corrected chi connectivity index (χ2v) is 7.49. The Morgan fingerprint density at radius 3 is 2.77 bits per heavy atom. The first-order valence-electron chi connectivity index (χ1n) is 8.00. The average molecular weight is 386 g/mol. The second kappa shape index (κ2) is 8.37. The number of carbonyl (C=O) groups is 1. The van der Waals surface area contributed by atoms with Gasteiger partial charge in [-0.25, -0.2) is 0 Å². The molecule has 0 aliphatic carbocycles. The summed E-state index contributed by atoms with van der Waals surface area (Å²) in [4.78, 5) is 13.3. The Morgan fingerprint density at radius 1 is 1.19 bits per heavy atom. The van der Waals surface area contributed by atoms with E-state index in [0.29, 0.717) is 5.16 Å². The smallest absolute Gasteiger partial charge is 0.234 e. The van der Waals surface area contributed by atoms with E-state index in [4.69, 9.17) is 0 Å². The van der Waals surface area contributed by atoms with Gasteiger partial charge in [0.15, 0.2) is 0 Å². The molecule has 0 unspecified atom stereocenters. The van der Waals surface area contributed by atoms with Crippen LogP contribution in [0.2, 0.25) is 0 Å². The number of rotatable bonds is 6. The van der Waals surface area contributed by atoms with Crippen LogP contribution in [-0.2, 0) is 4.79 Å². The molecule has 0 saturated heterocycles. The highest BCUT2D eigenvalue weighted by Gasteiger charge is 2.14. The third-order valence-corrected chi connectivity index (χ3v) is 5.45. The lowest BCUT2D eigenvalue weighted by Crippen LogP contribution is -2.15. The van der Waals surface area contributed by atoms with Crippen LogP contribution in [0.15, 0.2) is 52.5 Å². The van der Waals surface area contributed by atoms with Crippen molar-refractivity contribution in [2.45, 2.75) is 23.9 Å². The third kappa shape index (κ3) is 4.25. The van der Waals surface area contributed by atoms with Crippen molar-refractivity contribution in [2.24, 2.45) is 0 Å². The Hall–Kier alpha value is -2.32. The molecule has 3 aromatic rings. The van der Waals surface area contributed by atoms with Gasteiger partial charge < -0.3 is 5.32 Å². The van der Waals surface area contributed by atoms with E-state index in [9.17, 15) is 4.79 Å². The minimum atomic E-state index is -0.0910. The van der Waals surface area contributed by atoms with Crippen molar-refractivity contribution in [2.75, 3.05) is 17.3 Å². The lowest BCUT2D eigenvalue weighted by molar-refractivity contribution is -0.113. The van der Waals surface area contributed by atoms with Crippen LogP contribution < -0.4 is 5.32 Å². The lowest BCUT2D eigenvalue weighted by atomic mass is 10.1. The number of hydrogen-bond acceptors (Lipinski definition) is 6. The van der Waals surface area contributed by atoms with Crippen LogP contribution in [0.4, 0.5) is 5.69 Å². The van der Waals surface area contributed by atoms with Crippen LogP contribution in [-0.4, -0.2) is 38.1 Å². The monoisotopic (exact) mass is 385 g/mol. The Bertz CT molecular complexity index is 925. The predicted octanol–water partition coefficient (Wildman–Crippen LogP) is 3.73. The Balaban J connectivity index is 1.69. The maximum Gasteiger partial charge on any atom is 0.234 e. The first-order valence-corrected chi connectivity index (χ1v) is 10.2. The summed E-state index contributed by atoms with van der Waals surface area (Å²) in [6.07, 6.45) is 1.98. The number of aryl methyl sites for hydroxylation is 2. The maximum absolute atomic E-state index is 12.3. The van der Waals surface area contributed by atoms with Gasteiger partial charge in [0, 0.05) is 4.90 Å². The molecule has 134 valence electrons. The summed E-state index contributed by atoms with van der Waals surface area (Å²) in [6, 6.07) is 13.8. The van der Waals surface area contributed by atoms with E-state index in [1.54, 1.807) is 16.4 Å². The van der Waals surface area contributed by atoms with Gasteiger partial charge in [0.25, 0.3) is 0 Å². The Labute approximate surface area is 160 Å². The molecule has 8 heteroatoms. The molecule has 0 bridgehead atoms. The maximum atomic E-state index is 12.3. The zero-order chi connectivity index (χ0) is 18.5. The van der Waals surface area contributed by atoms with Gasteiger partial charge in [-0.3, -0.25) is 4.79 Å². The number of tetrazole rings is 1. The van der Waals surface area contributed by atoms with Gasteiger partial charge in [-0.1, -0.05) is 41.6 Å². The number of thioether (sulfide) groups is 2. The fourth-order valence-electron chi connectivity index (χ4n) is 2.53. The van der Waals surface area contributed by atoms with Gasteiger partial charge in [-0.05, 0) is 54.3 Å². The lowest BCUT2D eigenvalue weighted by Gasteiger charge is -2.10. The molecule has 0 aliphatic heterocycles. The van der Waals surface area contributed by atoms with Crippen molar-refractivity contribution >= 4 is 35.1 Å². The zero-order valence-corrected chi connectivity index (χ0v) is 16.4. The van der Waals surface area contributed by atoms with Crippen molar-refractivity contribution in [3.8, 4) is 5.69 Å². The summed E-state index contributed by atoms with van der Waals surface area (Å²) in [6.45, 7) is 4.06. The first-order chi connectivity index (χ1) is 12.6. The molecular weight excluding hydrogens is 366 g/mol. The average Bonchev–Trinajstić information content (AvgIpc) is 3.09. The van der Waals surface area contributed by atoms with Crippen LogP contribution in [0.5, 0.6) is 0 Å². The highest BCUT2D eigenvalue weighted by molar-refractivity contribution is 7.99. The predicted molar refractivity (Wildman–Crippen MR) is 106 cm³/mol. The van der Waals surface area contributed by atoms with Gasteiger partial charge >= 0.3 is 0 Å². The molecule has 0 fully saturated rings. The number of anilines is 1. The molecule has 6 nitrogen and oxygen atoms in total. The highest BCUT2D eigenvalue weighted by atomic mass is 32.2. The van der Waals surface area contributed by atoms with Gasteiger partial charge in [-0.2, -0.15) is 4.68 Å². The van der Waals surface area contributed by atoms with Crippen molar-refractivity contribution < 1.29 is 4.79 Å². The fraction of sp³-hybridized carbons (Fsp3) is 0.222. The number of para-hydroxylation sites is 1. The van der Waals surface area contributed by atoms with E-state index >= 15 is 0 Å². The number of amides is 1. The van der Waals surface area contributed by atoms with Crippen LogP contribution in [0, 0.1) is 13.8 Å². The van der Waals surface area contributed by atoms with Gasteiger partial charge in [0.05, 0.1) is 17.1 Å². The van der Waals surface area contributed by atoms with Crippen LogP contribution >= 0.6 is 23.5 Å². The van der Waals surface area contributed by atoms with Crippen LogP contribution in [0.25, 0.3) is 5.69 Å². The number of hydrogen-bond donors (Lipinski definition) is 1. The Morgan fingerprint density at radius 2 is 2.00 bits per heavy atom. The molecule has 1 heterocycles. The number of carbonyl (C=O) groups excluding carboxylic acids is 1. The molecule has 0 aliphatic rings. The second-order valence-electron chi connectivity index (χ2n) is 5.70. The molecule has 2 aromatic carbocycles. The van der Waals surface area contributed by atoms with E-state index < -0.39 is 0 Å². The third-order valence-electron chi connectivity index (χ3n) is 3.73. The van der Waals surface area contributed by atoms with Crippen molar-refractivity contribution in [1.82, 2.24) is 20.2 Å². The van der Waals surface area contributed by atoms with Gasteiger partial charge in [0.2, 0.25) is 11.1 Å². The molecule has 26 heavy (non-hydrogen) atoms.